The molecule has 2 fully saturated rings. The third-order valence-corrected chi connectivity index (χ3v) is 6.82. The maximum Gasteiger partial charge on any atom is 0.295 e. The number of hydrogen-bond acceptors (Lipinski definition) is 6. The molecule has 25 heavy (non-hydrogen) atoms. The van der Waals surface area contributed by atoms with E-state index in [-0.39, 0.29) is 17.0 Å². The first-order valence-electron chi connectivity index (χ1n) is 8.19. The molecular formula is C15H18N6O3S. The van der Waals surface area contributed by atoms with Crippen LogP contribution >= 0.6 is 0 Å². The molecule has 1 aromatic heterocycles. The summed E-state index contributed by atoms with van der Waals surface area (Å²) in [6, 6.07) is 9.20. The summed E-state index contributed by atoms with van der Waals surface area (Å²) in [5.41, 5.74) is 0.717. The average Bonchev–Trinajstić information content (AvgIpc) is 3.40. The predicted octanol–water partition coefficient (Wildman–Crippen LogP) is -0.0877. The van der Waals surface area contributed by atoms with Crippen molar-refractivity contribution in [2.24, 2.45) is 0 Å². The average molecular weight is 362 g/mol. The highest BCUT2D eigenvalue weighted by Gasteiger charge is 2.41. The highest BCUT2D eigenvalue weighted by atomic mass is 32.2. The monoisotopic (exact) mass is 362 g/mol. The Hall–Kier alpha value is -2.33. The van der Waals surface area contributed by atoms with E-state index >= 15 is 0 Å². The van der Waals surface area contributed by atoms with Crippen LogP contribution in [0.2, 0.25) is 0 Å². The van der Waals surface area contributed by atoms with E-state index in [0.717, 1.165) is 18.5 Å². The van der Waals surface area contributed by atoms with Crippen molar-refractivity contribution < 1.29 is 13.2 Å². The standard InChI is InChI=1S/C15H18N6O3S/c22-15(14-16-18-21(17-14)12-4-2-1-3-5-12)19-8-10-20(11-9-19)25(23,24)13-6-7-13/h1-5,13H,6-11H2. The van der Waals surface area contributed by atoms with Crippen LogP contribution in [0.4, 0.5) is 0 Å². The zero-order valence-electron chi connectivity index (χ0n) is 13.5. The Kier molecular flexibility index (Phi) is 4.00. The number of sulfonamides is 1. The Balaban J connectivity index is 1.42. The first-order chi connectivity index (χ1) is 12.1. The predicted molar refractivity (Wildman–Crippen MR) is 88.6 cm³/mol. The fraction of sp³-hybridized carbons (Fsp3) is 0.467. The number of piperazine rings is 1. The van der Waals surface area contributed by atoms with E-state index in [1.54, 1.807) is 4.90 Å². The van der Waals surface area contributed by atoms with Gasteiger partial charge in [-0.15, -0.1) is 15.0 Å². The summed E-state index contributed by atoms with van der Waals surface area (Å²) < 4.78 is 26.0. The lowest BCUT2D eigenvalue weighted by Crippen LogP contribution is -2.51. The number of nitrogens with zero attached hydrogens (tertiary/aromatic N) is 6. The molecule has 10 heteroatoms. The number of aromatic nitrogens is 4. The fourth-order valence-corrected chi connectivity index (χ4v) is 4.66. The van der Waals surface area contributed by atoms with E-state index in [4.69, 9.17) is 0 Å². The molecule has 2 aliphatic rings. The van der Waals surface area contributed by atoms with Crippen molar-refractivity contribution in [3.8, 4) is 5.69 Å². The van der Waals surface area contributed by atoms with Gasteiger partial charge in [0.05, 0.1) is 10.9 Å². The summed E-state index contributed by atoms with van der Waals surface area (Å²) in [7, 11) is -3.19. The molecule has 1 saturated heterocycles. The van der Waals surface area contributed by atoms with Gasteiger partial charge in [0, 0.05) is 26.2 Å². The smallest absolute Gasteiger partial charge is 0.295 e. The second-order valence-corrected chi connectivity index (χ2v) is 8.39. The molecule has 1 aliphatic carbocycles. The van der Waals surface area contributed by atoms with Crippen LogP contribution < -0.4 is 0 Å². The van der Waals surface area contributed by atoms with Crippen molar-refractivity contribution in [1.82, 2.24) is 29.4 Å². The molecule has 1 amide bonds. The summed E-state index contributed by atoms with van der Waals surface area (Å²) in [6.07, 6.45) is 1.49. The topological polar surface area (TPSA) is 101 Å². The third-order valence-electron chi connectivity index (χ3n) is 4.42. The van der Waals surface area contributed by atoms with Gasteiger partial charge in [-0.2, -0.15) is 4.31 Å². The molecular weight excluding hydrogens is 344 g/mol. The normalized spacial score (nSPS) is 19.1. The van der Waals surface area contributed by atoms with Gasteiger partial charge in [-0.3, -0.25) is 4.79 Å². The number of benzene rings is 1. The first-order valence-corrected chi connectivity index (χ1v) is 9.70. The molecule has 2 aromatic rings. The van der Waals surface area contributed by atoms with Crippen LogP contribution in [0.1, 0.15) is 23.5 Å². The molecule has 0 bridgehead atoms. The molecule has 0 unspecified atom stereocenters. The zero-order valence-corrected chi connectivity index (χ0v) is 14.3. The van der Waals surface area contributed by atoms with E-state index in [9.17, 15) is 13.2 Å². The maximum atomic E-state index is 12.5. The summed E-state index contributed by atoms with van der Waals surface area (Å²) in [4.78, 5) is 15.4. The van der Waals surface area contributed by atoms with E-state index in [0.29, 0.717) is 26.2 Å². The minimum atomic E-state index is -3.19. The Bertz CT molecular complexity index is 870. The lowest BCUT2D eigenvalue weighted by atomic mass is 10.3. The van der Waals surface area contributed by atoms with Crippen LogP contribution in [0.25, 0.3) is 5.69 Å². The summed E-state index contributed by atoms with van der Waals surface area (Å²) in [6.45, 7) is 1.31. The number of amides is 1. The van der Waals surface area contributed by atoms with Crippen LogP contribution in [0.15, 0.2) is 30.3 Å². The van der Waals surface area contributed by atoms with Crippen molar-refractivity contribution in [2.75, 3.05) is 26.2 Å². The summed E-state index contributed by atoms with van der Waals surface area (Å²) >= 11 is 0. The Morgan fingerprint density at radius 2 is 1.72 bits per heavy atom. The number of rotatable bonds is 4. The zero-order chi connectivity index (χ0) is 17.4. The molecule has 0 atom stereocenters. The van der Waals surface area contributed by atoms with E-state index in [2.05, 4.69) is 15.4 Å². The van der Waals surface area contributed by atoms with Crippen molar-refractivity contribution in [1.29, 1.82) is 0 Å². The first kappa shape index (κ1) is 16.2. The third kappa shape index (κ3) is 3.14. The van der Waals surface area contributed by atoms with Crippen LogP contribution in [0.5, 0.6) is 0 Å². The van der Waals surface area contributed by atoms with Crippen molar-refractivity contribution >= 4 is 15.9 Å². The molecule has 132 valence electrons. The second kappa shape index (κ2) is 6.19. The number of tetrazole rings is 1. The lowest BCUT2D eigenvalue weighted by Gasteiger charge is -2.33. The van der Waals surface area contributed by atoms with Crippen LogP contribution in [-0.4, -0.2) is 75.2 Å². The SMILES string of the molecule is O=C(c1nnn(-c2ccccc2)n1)N1CCN(S(=O)(=O)C2CC2)CC1. The summed E-state index contributed by atoms with van der Waals surface area (Å²) in [5.74, 6) is -0.312. The Labute approximate surface area is 145 Å². The van der Waals surface area contributed by atoms with Gasteiger partial charge >= 0.3 is 0 Å². The Morgan fingerprint density at radius 1 is 1.04 bits per heavy atom. The van der Waals surface area contributed by atoms with Crippen LogP contribution in [-0.2, 0) is 10.0 Å². The minimum Gasteiger partial charge on any atom is -0.333 e. The molecule has 0 spiro atoms. The second-order valence-electron chi connectivity index (χ2n) is 6.17. The van der Waals surface area contributed by atoms with Gasteiger partial charge < -0.3 is 4.90 Å². The van der Waals surface area contributed by atoms with Gasteiger partial charge in [0.25, 0.3) is 11.7 Å². The number of carbonyl (C=O) groups is 1. The summed E-state index contributed by atoms with van der Waals surface area (Å²) in [5, 5.41) is 11.7. The van der Waals surface area contributed by atoms with Gasteiger partial charge in [-0.25, -0.2) is 8.42 Å². The number of para-hydroxylation sites is 1. The van der Waals surface area contributed by atoms with Crippen molar-refractivity contribution in [3.63, 3.8) is 0 Å². The molecule has 9 nitrogen and oxygen atoms in total. The van der Waals surface area contributed by atoms with E-state index in [1.807, 2.05) is 30.3 Å². The van der Waals surface area contributed by atoms with E-state index in [1.165, 1.54) is 9.10 Å². The van der Waals surface area contributed by atoms with Crippen molar-refractivity contribution in [2.45, 2.75) is 18.1 Å². The van der Waals surface area contributed by atoms with Crippen LogP contribution in [0.3, 0.4) is 0 Å². The van der Waals surface area contributed by atoms with Crippen LogP contribution in [0, 0.1) is 0 Å². The molecule has 2 heterocycles. The molecule has 4 rings (SSSR count). The highest BCUT2D eigenvalue weighted by molar-refractivity contribution is 7.90. The quantitative estimate of drug-likeness (QED) is 0.753. The maximum absolute atomic E-state index is 12.5. The molecule has 1 aromatic carbocycles. The highest BCUT2D eigenvalue weighted by Crippen LogP contribution is 2.31. The largest absolute Gasteiger partial charge is 0.333 e. The number of carbonyl (C=O) groups excluding carboxylic acids is 1. The molecule has 0 N–H and O–H groups in total. The van der Waals surface area contributed by atoms with Crippen molar-refractivity contribution in [3.05, 3.63) is 36.2 Å². The molecule has 1 saturated carbocycles. The molecule has 1 aliphatic heterocycles. The number of hydrogen-bond donors (Lipinski definition) is 0. The fourth-order valence-electron chi connectivity index (χ4n) is 2.83. The van der Waals surface area contributed by atoms with Gasteiger partial charge in [0.2, 0.25) is 10.0 Å². The van der Waals surface area contributed by atoms with Gasteiger partial charge in [0.15, 0.2) is 0 Å². The van der Waals surface area contributed by atoms with E-state index < -0.39 is 10.0 Å². The molecule has 0 radical (unpaired) electrons. The lowest BCUT2D eigenvalue weighted by molar-refractivity contribution is 0.0685. The van der Waals surface area contributed by atoms with Gasteiger partial charge in [-0.05, 0) is 30.2 Å². The van der Waals surface area contributed by atoms with Gasteiger partial charge in [-0.1, -0.05) is 18.2 Å². The Morgan fingerprint density at radius 3 is 2.36 bits per heavy atom. The van der Waals surface area contributed by atoms with Gasteiger partial charge in [0.1, 0.15) is 0 Å². The minimum absolute atomic E-state index is 0.0161.